The predicted octanol–water partition coefficient (Wildman–Crippen LogP) is 1.70. The van der Waals surface area contributed by atoms with Crippen LogP contribution >= 0.6 is 0 Å². The van der Waals surface area contributed by atoms with Crippen molar-refractivity contribution >= 4 is 16.0 Å². The highest BCUT2D eigenvalue weighted by atomic mass is 32.2. The van der Waals surface area contributed by atoms with Gasteiger partial charge in [0.05, 0.1) is 5.75 Å². The third kappa shape index (κ3) is 11.8. The number of nitrogens with zero attached hydrogens (tertiary/aromatic N) is 1. The molecule has 0 radical (unpaired) electrons. The minimum absolute atomic E-state index is 0.120. The number of aliphatic imine (C=N–C) groups is 1. The van der Waals surface area contributed by atoms with Crippen molar-refractivity contribution in [3.05, 3.63) is 0 Å². The van der Waals surface area contributed by atoms with E-state index in [4.69, 9.17) is 0 Å². The maximum atomic E-state index is 11.3. The van der Waals surface area contributed by atoms with Crippen molar-refractivity contribution in [1.82, 2.24) is 15.4 Å². The molecule has 1 atom stereocenters. The van der Waals surface area contributed by atoms with E-state index in [9.17, 15) is 8.42 Å². The lowest BCUT2D eigenvalue weighted by molar-refractivity contribution is 0.346. The number of hydrogen-bond donors (Lipinski definition) is 3. The van der Waals surface area contributed by atoms with E-state index in [1.807, 2.05) is 0 Å². The van der Waals surface area contributed by atoms with E-state index in [2.05, 4.69) is 48.0 Å². The van der Waals surface area contributed by atoms with Gasteiger partial charge >= 0.3 is 0 Å². The van der Waals surface area contributed by atoms with Crippen molar-refractivity contribution in [3.8, 4) is 0 Å². The van der Waals surface area contributed by atoms with Gasteiger partial charge in [0, 0.05) is 26.2 Å². The molecule has 0 aliphatic rings. The molecule has 0 saturated heterocycles. The summed E-state index contributed by atoms with van der Waals surface area (Å²) in [6.07, 6.45) is 2.95. The molecule has 0 fully saturated rings. The fourth-order valence-electron chi connectivity index (χ4n) is 1.77. The second-order valence-electron chi connectivity index (χ2n) is 6.80. The van der Waals surface area contributed by atoms with Gasteiger partial charge in [-0.2, -0.15) is 0 Å². The standard InChI is InChI=1S/C15H34N4O2S/c1-7-22(20,21)18-12-8-11-17-14(16-6)19-13(2)9-10-15(3,4)5/h13,18H,7-12H2,1-6H3,(H2,16,17,19). The Morgan fingerprint density at radius 1 is 1.23 bits per heavy atom. The van der Waals surface area contributed by atoms with Crippen LogP contribution in [0, 0.1) is 5.41 Å². The SMILES string of the molecule is CCS(=O)(=O)NCCCNC(=NC)NC(C)CCC(C)(C)C. The van der Waals surface area contributed by atoms with Gasteiger partial charge in [0.15, 0.2) is 5.96 Å². The third-order valence-electron chi connectivity index (χ3n) is 3.28. The summed E-state index contributed by atoms with van der Waals surface area (Å²) in [6.45, 7) is 11.6. The summed E-state index contributed by atoms with van der Waals surface area (Å²) in [6, 6.07) is 0.351. The van der Waals surface area contributed by atoms with E-state index < -0.39 is 10.0 Å². The molecule has 0 heterocycles. The Morgan fingerprint density at radius 3 is 2.36 bits per heavy atom. The largest absolute Gasteiger partial charge is 0.356 e. The van der Waals surface area contributed by atoms with Crippen molar-refractivity contribution in [2.24, 2.45) is 10.4 Å². The molecule has 0 aliphatic carbocycles. The fourth-order valence-corrected chi connectivity index (χ4v) is 2.43. The van der Waals surface area contributed by atoms with Crippen LogP contribution in [0.4, 0.5) is 0 Å². The van der Waals surface area contributed by atoms with E-state index in [0.29, 0.717) is 24.5 Å². The molecule has 22 heavy (non-hydrogen) atoms. The van der Waals surface area contributed by atoms with Crippen molar-refractivity contribution in [3.63, 3.8) is 0 Å². The van der Waals surface area contributed by atoms with E-state index in [1.165, 1.54) is 0 Å². The molecule has 0 amide bonds. The molecule has 0 aliphatic heterocycles. The molecule has 0 saturated carbocycles. The van der Waals surface area contributed by atoms with Gasteiger partial charge in [-0.1, -0.05) is 20.8 Å². The Kier molecular flexibility index (Phi) is 9.67. The Labute approximate surface area is 136 Å². The summed E-state index contributed by atoms with van der Waals surface area (Å²) >= 11 is 0. The highest BCUT2D eigenvalue weighted by molar-refractivity contribution is 7.89. The fraction of sp³-hybridized carbons (Fsp3) is 0.933. The average molecular weight is 335 g/mol. The highest BCUT2D eigenvalue weighted by Crippen LogP contribution is 2.21. The van der Waals surface area contributed by atoms with Crippen LogP contribution in [0.15, 0.2) is 4.99 Å². The first-order valence-corrected chi connectivity index (χ1v) is 9.69. The normalized spacial score (nSPS) is 14.7. The van der Waals surface area contributed by atoms with Crippen LogP contribution in [0.25, 0.3) is 0 Å². The first-order valence-electron chi connectivity index (χ1n) is 8.04. The number of hydrogen-bond acceptors (Lipinski definition) is 3. The van der Waals surface area contributed by atoms with Gasteiger partial charge in [-0.25, -0.2) is 13.1 Å². The Bertz CT molecular complexity index is 427. The van der Waals surface area contributed by atoms with E-state index >= 15 is 0 Å². The summed E-state index contributed by atoms with van der Waals surface area (Å²) in [5.74, 6) is 0.884. The molecular weight excluding hydrogens is 300 g/mol. The van der Waals surface area contributed by atoms with Crippen molar-refractivity contribution in [1.29, 1.82) is 0 Å². The molecule has 0 aromatic rings. The van der Waals surface area contributed by atoms with E-state index in [-0.39, 0.29) is 5.75 Å². The van der Waals surface area contributed by atoms with Gasteiger partial charge < -0.3 is 10.6 Å². The summed E-state index contributed by atoms with van der Waals surface area (Å²) in [4.78, 5) is 4.19. The van der Waals surface area contributed by atoms with Gasteiger partial charge in [0.25, 0.3) is 0 Å². The number of nitrogens with one attached hydrogen (secondary N) is 3. The van der Waals surface area contributed by atoms with Gasteiger partial charge in [-0.15, -0.1) is 0 Å². The Hall–Kier alpha value is -0.820. The van der Waals surface area contributed by atoms with Crippen molar-refractivity contribution in [2.45, 2.75) is 59.9 Å². The molecule has 3 N–H and O–H groups in total. The third-order valence-corrected chi connectivity index (χ3v) is 4.69. The second kappa shape index (κ2) is 10.0. The minimum atomic E-state index is -3.09. The smallest absolute Gasteiger partial charge is 0.211 e. The van der Waals surface area contributed by atoms with E-state index in [0.717, 1.165) is 25.2 Å². The summed E-state index contributed by atoms with van der Waals surface area (Å²) in [5.41, 5.74) is 0.337. The minimum Gasteiger partial charge on any atom is -0.356 e. The van der Waals surface area contributed by atoms with Crippen LogP contribution < -0.4 is 15.4 Å². The average Bonchev–Trinajstić information content (AvgIpc) is 2.42. The zero-order valence-corrected chi connectivity index (χ0v) is 15.8. The molecule has 0 rings (SSSR count). The van der Waals surface area contributed by atoms with Gasteiger partial charge in [0.2, 0.25) is 10.0 Å². The van der Waals surface area contributed by atoms with Gasteiger partial charge in [-0.05, 0) is 38.5 Å². The van der Waals surface area contributed by atoms with Crippen molar-refractivity contribution in [2.75, 3.05) is 25.9 Å². The number of sulfonamides is 1. The van der Waals surface area contributed by atoms with Crippen LogP contribution in [-0.2, 0) is 10.0 Å². The first-order chi connectivity index (χ1) is 10.1. The van der Waals surface area contributed by atoms with Crippen molar-refractivity contribution < 1.29 is 8.42 Å². The zero-order valence-electron chi connectivity index (χ0n) is 15.0. The molecule has 0 aromatic carbocycles. The lowest BCUT2D eigenvalue weighted by Gasteiger charge is -2.23. The van der Waals surface area contributed by atoms with Gasteiger partial charge in [-0.3, -0.25) is 4.99 Å². The number of guanidine groups is 1. The number of rotatable bonds is 9. The quantitative estimate of drug-likeness (QED) is 0.340. The molecule has 132 valence electrons. The Balaban J connectivity index is 3.94. The molecule has 0 bridgehead atoms. The summed E-state index contributed by atoms with van der Waals surface area (Å²) in [7, 11) is -1.35. The molecular formula is C15H34N4O2S. The van der Waals surface area contributed by atoms with Crippen LogP contribution in [0.5, 0.6) is 0 Å². The topological polar surface area (TPSA) is 82.6 Å². The lowest BCUT2D eigenvalue weighted by atomic mass is 9.89. The van der Waals surface area contributed by atoms with Crippen LogP contribution in [-0.4, -0.2) is 46.3 Å². The van der Waals surface area contributed by atoms with E-state index in [1.54, 1.807) is 14.0 Å². The maximum Gasteiger partial charge on any atom is 0.211 e. The molecule has 0 aromatic heterocycles. The molecule has 7 heteroatoms. The zero-order chi connectivity index (χ0) is 17.2. The van der Waals surface area contributed by atoms with Crippen LogP contribution in [0.3, 0.4) is 0 Å². The maximum absolute atomic E-state index is 11.3. The van der Waals surface area contributed by atoms with Crippen LogP contribution in [0.1, 0.15) is 53.9 Å². The second-order valence-corrected chi connectivity index (χ2v) is 8.89. The predicted molar refractivity (Wildman–Crippen MR) is 94.7 cm³/mol. The molecule has 6 nitrogen and oxygen atoms in total. The first kappa shape index (κ1) is 21.2. The van der Waals surface area contributed by atoms with Gasteiger partial charge in [0.1, 0.15) is 0 Å². The highest BCUT2D eigenvalue weighted by Gasteiger charge is 2.13. The monoisotopic (exact) mass is 334 g/mol. The molecule has 1 unspecified atom stereocenters. The summed E-state index contributed by atoms with van der Waals surface area (Å²) in [5, 5.41) is 6.56. The summed E-state index contributed by atoms with van der Waals surface area (Å²) < 4.78 is 25.1. The Morgan fingerprint density at radius 2 is 1.86 bits per heavy atom. The van der Waals surface area contributed by atoms with Crippen LogP contribution in [0.2, 0.25) is 0 Å². The lowest BCUT2D eigenvalue weighted by Crippen LogP contribution is -2.43. The molecule has 0 spiro atoms.